The SMILES string of the molecule is CCCCCCCCC=CC1OC1(CCCCCCCC)CCCCCCCCCC. The highest BCUT2D eigenvalue weighted by molar-refractivity contribution is 5.13. The summed E-state index contributed by atoms with van der Waals surface area (Å²) in [6.45, 7) is 6.90. The summed E-state index contributed by atoms with van der Waals surface area (Å²) < 4.78 is 6.36. The lowest BCUT2D eigenvalue weighted by Gasteiger charge is -2.13. The van der Waals surface area contributed by atoms with Crippen LogP contribution in [0.25, 0.3) is 0 Å². The van der Waals surface area contributed by atoms with Gasteiger partial charge in [0.25, 0.3) is 0 Å². The van der Waals surface area contributed by atoms with Gasteiger partial charge in [0.2, 0.25) is 0 Å². The average Bonchev–Trinajstić information content (AvgIpc) is 3.47. The summed E-state index contributed by atoms with van der Waals surface area (Å²) in [6, 6.07) is 0. The topological polar surface area (TPSA) is 12.5 Å². The number of unbranched alkanes of at least 4 members (excludes halogenated alkanes) is 18. The number of hydrogen-bond acceptors (Lipinski definition) is 1. The number of hydrogen-bond donors (Lipinski definition) is 0. The van der Waals surface area contributed by atoms with Crippen molar-refractivity contribution in [1.29, 1.82) is 0 Å². The molecular formula is C30H58O. The minimum Gasteiger partial charge on any atom is -0.362 e. The standard InChI is InChI=1S/C30H58O/c1-4-7-10-13-16-18-20-23-26-29-30(31-29,27-24-21-15-12-9-6-3)28-25-22-19-17-14-11-8-5-2/h23,26,29H,4-22,24-25,27-28H2,1-3H3. The summed E-state index contributed by atoms with van der Waals surface area (Å²) in [5.74, 6) is 0. The Morgan fingerprint density at radius 3 is 1.35 bits per heavy atom. The van der Waals surface area contributed by atoms with Gasteiger partial charge in [-0.2, -0.15) is 0 Å². The molecule has 1 fully saturated rings. The number of rotatable bonds is 24. The maximum atomic E-state index is 6.36. The number of ether oxygens (including phenoxy) is 1. The molecule has 1 nitrogen and oxygen atoms in total. The lowest BCUT2D eigenvalue weighted by atomic mass is 9.90. The van der Waals surface area contributed by atoms with Gasteiger partial charge in [-0.25, -0.2) is 0 Å². The van der Waals surface area contributed by atoms with Gasteiger partial charge < -0.3 is 4.74 Å². The predicted octanol–water partition coefficient (Wildman–Crippen LogP) is 10.7. The molecule has 2 atom stereocenters. The van der Waals surface area contributed by atoms with Crippen molar-refractivity contribution in [2.24, 2.45) is 0 Å². The highest BCUT2D eigenvalue weighted by Gasteiger charge is 2.53. The van der Waals surface area contributed by atoms with Gasteiger partial charge in [-0.15, -0.1) is 0 Å². The van der Waals surface area contributed by atoms with Gasteiger partial charge in [0, 0.05) is 0 Å². The van der Waals surface area contributed by atoms with Crippen LogP contribution in [-0.2, 0) is 4.74 Å². The lowest BCUT2D eigenvalue weighted by Crippen LogP contribution is -2.14. The van der Waals surface area contributed by atoms with Crippen LogP contribution in [0.15, 0.2) is 12.2 Å². The second-order valence-electron chi connectivity index (χ2n) is 10.3. The lowest BCUT2D eigenvalue weighted by molar-refractivity contribution is 0.257. The van der Waals surface area contributed by atoms with E-state index in [0.717, 1.165) is 0 Å². The van der Waals surface area contributed by atoms with Crippen LogP contribution < -0.4 is 0 Å². The zero-order valence-electron chi connectivity index (χ0n) is 21.9. The predicted molar refractivity (Wildman–Crippen MR) is 140 cm³/mol. The van der Waals surface area contributed by atoms with E-state index in [1.165, 1.54) is 148 Å². The van der Waals surface area contributed by atoms with E-state index >= 15 is 0 Å². The highest BCUT2D eigenvalue weighted by Crippen LogP contribution is 2.46. The molecule has 1 aliphatic heterocycles. The van der Waals surface area contributed by atoms with Gasteiger partial charge in [0.05, 0.1) is 5.60 Å². The maximum absolute atomic E-state index is 6.36. The Bertz CT molecular complexity index is 401. The van der Waals surface area contributed by atoms with Crippen LogP contribution in [-0.4, -0.2) is 11.7 Å². The zero-order valence-corrected chi connectivity index (χ0v) is 21.9. The number of epoxide rings is 1. The molecule has 0 saturated carbocycles. The Morgan fingerprint density at radius 2 is 0.903 bits per heavy atom. The van der Waals surface area contributed by atoms with Crippen LogP contribution in [0.5, 0.6) is 0 Å². The fraction of sp³-hybridized carbons (Fsp3) is 0.933. The molecule has 0 N–H and O–H groups in total. The summed E-state index contributed by atoms with van der Waals surface area (Å²) in [4.78, 5) is 0. The van der Waals surface area contributed by atoms with Crippen molar-refractivity contribution in [3.05, 3.63) is 12.2 Å². The molecule has 0 aromatic heterocycles. The van der Waals surface area contributed by atoms with Gasteiger partial charge >= 0.3 is 0 Å². The molecule has 0 aliphatic carbocycles. The first-order valence-corrected chi connectivity index (χ1v) is 14.6. The quantitative estimate of drug-likeness (QED) is 0.0835. The summed E-state index contributed by atoms with van der Waals surface area (Å²) in [5.41, 5.74) is 0.213. The average molecular weight is 435 g/mol. The first-order valence-electron chi connectivity index (χ1n) is 14.6. The van der Waals surface area contributed by atoms with Crippen LogP contribution in [0.1, 0.15) is 168 Å². The van der Waals surface area contributed by atoms with Crippen molar-refractivity contribution in [2.75, 3.05) is 0 Å². The molecular weight excluding hydrogens is 376 g/mol. The molecule has 31 heavy (non-hydrogen) atoms. The van der Waals surface area contributed by atoms with E-state index in [2.05, 4.69) is 32.9 Å². The molecule has 1 heteroatoms. The van der Waals surface area contributed by atoms with Crippen molar-refractivity contribution in [3.63, 3.8) is 0 Å². The Labute approximate surface area is 197 Å². The smallest absolute Gasteiger partial charge is 0.105 e. The monoisotopic (exact) mass is 434 g/mol. The summed E-state index contributed by atoms with van der Waals surface area (Å²) in [6.07, 6.45) is 37.1. The van der Waals surface area contributed by atoms with Crippen molar-refractivity contribution in [3.8, 4) is 0 Å². The second-order valence-corrected chi connectivity index (χ2v) is 10.3. The third-order valence-electron chi connectivity index (χ3n) is 7.27. The van der Waals surface area contributed by atoms with Crippen LogP contribution in [0.2, 0.25) is 0 Å². The van der Waals surface area contributed by atoms with Crippen molar-refractivity contribution in [1.82, 2.24) is 0 Å². The molecule has 184 valence electrons. The molecule has 1 saturated heterocycles. The fourth-order valence-electron chi connectivity index (χ4n) is 4.99. The minimum absolute atomic E-state index is 0.213. The molecule has 0 aromatic rings. The molecule has 2 unspecified atom stereocenters. The van der Waals surface area contributed by atoms with Crippen LogP contribution >= 0.6 is 0 Å². The Kier molecular flexibility index (Phi) is 18.8. The van der Waals surface area contributed by atoms with Crippen molar-refractivity contribution in [2.45, 2.75) is 180 Å². The first kappa shape index (κ1) is 28.7. The first-order chi connectivity index (χ1) is 15.3. The van der Waals surface area contributed by atoms with Gasteiger partial charge in [-0.1, -0.05) is 155 Å². The van der Waals surface area contributed by atoms with E-state index in [-0.39, 0.29) is 5.60 Å². The van der Waals surface area contributed by atoms with E-state index < -0.39 is 0 Å². The van der Waals surface area contributed by atoms with E-state index in [1.807, 2.05) is 0 Å². The van der Waals surface area contributed by atoms with Crippen LogP contribution in [0.4, 0.5) is 0 Å². The van der Waals surface area contributed by atoms with E-state index in [4.69, 9.17) is 4.74 Å². The molecule has 0 amide bonds. The molecule has 0 radical (unpaired) electrons. The third kappa shape index (κ3) is 15.2. The Hall–Kier alpha value is -0.300. The van der Waals surface area contributed by atoms with Gasteiger partial charge in [0.1, 0.15) is 6.10 Å². The Morgan fingerprint density at radius 1 is 0.516 bits per heavy atom. The number of allylic oxidation sites excluding steroid dienone is 1. The molecule has 1 heterocycles. The molecule has 0 aromatic carbocycles. The summed E-state index contributed by atoms with van der Waals surface area (Å²) in [7, 11) is 0. The van der Waals surface area contributed by atoms with Crippen molar-refractivity contribution >= 4 is 0 Å². The summed E-state index contributed by atoms with van der Waals surface area (Å²) >= 11 is 0. The van der Waals surface area contributed by atoms with Gasteiger partial charge in [0.15, 0.2) is 0 Å². The fourth-order valence-corrected chi connectivity index (χ4v) is 4.99. The van der Waals surface area contributed by atoms with Crippen LogP contribution in [0.3, 0.4) is 0 Å². The zero-order chi connectivity index (χ0) is 22.5. The van der Waals surface area contributed by atoms with E-state index in [0.29, 0.717) is 6.10 Å². The highest BCUT2D eigenvalue weighted by atomic mass is 16.6. The molecule has 0 spiro atoms. The van der Waals surface area contributed by atoms with E-state index in [9.17, 15) is 0 Å². The van der Waals surface area contributed by atoms with E-state index in [1.54, 1.807) is 0 Å². The largest absolute Gasteiger partial charge is 0.362 e. The second kappa shape index (κ2) is 20.3. The molecule has 1 rings (SSSR count). The normalized spacial score (nSPS) is 20.7. The van der Waals surface area contributed by atoms with Gasteiger partial charge in [-0.3, -0.25) is 0 Å². The third-order valence-corrected chi connectivity index (χ3v) is 7.27. The minimum atomic E-state index is 0.213. The molecule has 1 aliphatic rings. The maximum Gasteiger partial charge on any atom is 0.105 e. The molecule has 0 bridgehead atoms. The van der Waals surface area contributed by atoms with Crippen molar-refractivity contribution < 1.29 is 4.74 Å². The van der Waals surface area contributed by atoms with Crippen LogP contribution in [0, 0.1) is 0 Å². The summed E-state index contributed by atoms with van der Waals surface area (Å²) in [5, 5.41) is 0. The Balaban J connectivity index is 2.23. The van der Waals surface area contributed by atoms with Gasteiger partial charge in [-0.05, 0) is 25.7 Å².